The van der Waals surface area contributed by atoms with E-state index in [0.717, 1.165) is 6.26 Å². The summed E-state index contributed by atoms with van der Waals surface area (Å²) in [5, 5.41) is 0. The molecular weight excluding hydrogens is 234 g/mol. The molecule has 1 fully saturated rings. The monoisotopic (exact) mass is 243 g/mol. The molecule has 0 amide bonds. The summed E-state index contributed by atoms with van der Waals surface area (Å²) in [4.78, 5) is 0.0947. The van der Waals surface area contributed by atoms with Gasteiger partial charge in [-0.2, -0.15) is 0 Å². The molecule has 1 saturated heterocycles. The normalized spacial score (nSPS) is 32.5. The minimum atomic E-state index is -3.10. The summed E-state index contributed by atoms with van der Waals surface area (Å²) in [7, 11) is -3.10. The Morgan fingerprint density at radius 1 is 1.55 bits per heavy atom. The Hall–Kier alpha value is 0.350. The van der Waals surface area contributed by atoms with Crippen molar-refractivity contribution in [2.24, 2.45) is 0 Å². The molecule has 1 aliphatic rings. The molecule has 2 unspecified atom stereocenters. The molecule has 6 heteroatoms. The van der Waals surface area contributed by atoms with Crippen molar-refractivity contribution in [3.8, 4) is 0 Å². The lowest BCUT2D eigenvalue weighted by molar-refractivity contribution is 0.193. The van der Waals surface area contributed by atoms with Gasteiger partial charge in [-0.15, -0.1) is 0 Å². The molecule has 1 rings (SSSR count). The van der Waals surface area contributed by atoms with E-state index in [4.69, 9.17) is 4.74 Å². The Balaban J connectivity index is 2.50. The topological polar surface area (TPSA) is 55.4 Å². The largest absolute Gasteiger partial charge is 0.379 e. The molecule has 1 heterocycles. The Morgan fingerprint density at radius 3 is 2.55 bits per heavy atom. The zero-order chi connectivity index (χ0) is 8.48. The summed E-state index contributed by atoms with van der Waals surface area (Å²) in [6, 6.07) is -0.120. The molecule has 1 N–H and O–H groups in total. The summed E-state index contributed by atoms with van der Waals surface area (Å²) < 4.78 is 29.0. The van der Waals surface area contributed by atoms with E-state index in [0.29, 0.717) is 13.2 Å². The summed E-state index contributed by atoms with van der Waals surface area (Å²) in [6.07, 6.45) is 1.14. The summed E-state index contributed by atoms with van der Waals surface area (Å²) in [6.45, 7) is 1.01. The minimum Gasteiger partial charge on any atom is -0.379 e. The van der Waals surface area contributed by atoms with E-state index in [1.807, 2.05) is 0 Å². The van der Waals surface area contributed by atoms with Crippen molar-refractivity contribution in [2.45, 2.75) is 10.9 Å². The highest BCUT2D eigenvalue weighted by atomic mass is 79.9. The van der Waals surface area contributed by atoms with Gasteiger partial charge in [-0.3, -0.25) is 0 Å². The van der Waals surface area contributed by atoms with Crippen molar-refractivity contribution >= 4 is 26.0 Å². The third-order valence-electron chi connectivity index (χ3n) is 1.38. The smallest absolute Gasteiger partial charge is 0.209 e. The van der Waals surface area contributed by atoms with Gasteiger partial charge in [0, 0.05) is 0 Å². The number of nitrogens with one attached hydrogen (secondary N) is 1. The number of halogens is 1. The maximum absolute atomic E-state index is 10.7. The van der Waals surface area contributed by atoms with Crippen LogP contribution in [-0.4, -0.2) is 38.8 Å². The van der Waals surface area contributed by atoms with Crippen molar-refractivity contribution < 1.29 is 13.2 Å². The van der Waals surface area contributed by atoms with Crippen LogP contribution in [0.3, 0.4) is 0 Å². The summed E-state index contributed by atoms with van der Waals surface area (Å²) >= 11 is 3.31. The maximum Gasteiger partial charge on any atom is 0.209 e. The molecule has 0 aromatic rings. The van der Waals surface area contributed by atoms with Gasteiger partial charge in [-0.25, -0.2) is 13.1 Å². The van der Waals surface area contributed by atoms with Crippen LogP contribution in [0.2, 0.25) is 0 Å². The van der Waals surface area contributed by atoms with Crippen LogP contribution < -0.4 is 4.72 Å². The molecule has 0 spiro atoms. The molecule has 0 aromatic heterocycles. The lowest BCUT2D eigenvalue weighted by Crippen LogP contribution is -2.39. The van der Waals surface area contributed by atoms with Crippen LogP contribution in [0.25, 0.3) is 0 Å². The molecule has 0 bridgehead atoms. The highest BCUT2D eigenvalue weighted by Gasteiger charge is 2.27. The third-order valence-corrected chi connectivity index (χ3v) is 3.01. The van der Waals surface area contributed by atoms with Gasteiger partial charge in [0.2, 0.25) is 10.0 Å². The van der Waals surface area contributed by atoms with Gasteiger partial charge >= 0.3 is 0 Å². The van der Waals surface area contributed by atoms with Crippen molar-refractivity contribution in [1.82, 2.24) is 4.72 Å². The van der Waals surface area contributed by atoms with Gasteiger partial charge < -0.3 is 4.74 Å². The molecule has 4 nitrogen and oxygen atoms in total. The van der Waals surface area contributed by atoms with Crippen LogP contribution in [0.5, 0.6) is 0 Å². The fourth-order valence-electron chi connectivity index (χ4n) is 0.911. The van der Waals surface area contributed by atoms with Gasteiger partial charge in [0.05, 0.1) is 30.3 Å². The number of hydrogen-bond acceptors (Lipinski definition) is 3. The molecule has 0 aromatic carbocycles. The molecular formula is C5H10BrNO3S. The Labute approximate surface area is 74.5 Å². The van der Waals surface area contributed by atoms with Crippen molar-refractivity contribution in [3.05, 3.63) is 0 Å². The standard InChI is InChI=1S/C5H10BrNO3S/c1-11(8,9)7-5-3-10-2-4(5)6/h4-5,7H,2-3H2,1H3. The number of ether oxygens (including phenoxy) is 1. The lowest BCUT2D eigenvalue weighted by Gasteiger charge is -2.11. The molecule has 0 aliphatic carbocycles. The van der Waals surface area contributed by atoms with Crippen LogP contribution >= 0.6 is 15.9 Å². The van der Waals surface area contributed by atoms with Crippen molar-refractivity contribution in [3.63, 3.8) is 0 Å². The van der Waals surface area contributed by atoms with E-state index in [9.17, 15) is 8.42 Å². The van der Waals surface area contributed by atoms with E-state index < -0.39 is 10.0 Å². The quantitative estimate of drug-likeness (QED) is 0.678. The van der Waals surface area contributed by atoms with Gasteiger partial charge in [-0.05, 0) is 0 Å². The molecule has 66 valence electrons. The Bertz CT molecular complexity index is 228. The predicted octanol–water partition coefficient (Wildman–Crippen LogP) is -0.302. The minimum absolute atomic E-state index is 0.0947. The van der Waals surface area contributed by atoms with Crippen LogP contribution in [0.4, 0.5) is 0 Å². The van der Waals surface area contributed by atoms with Gasteiger partial charge in [0.25, 0.3) is 0 Å². The van der Waals surface area contributed by atoms with Crippen molar-refractivity contribution in [2.75, 3.05) is 19.5 Å². The predicted molar refractivity (Wildman–Crippen MR) is 45.3 cm³/mol. The molecule has 1 aliphatic heterocycles. The van der Waals surface area contributed by atoms with Crippen molar-refractivity contribution in [1.29, 1.82) is 0 Å². The second kappa shape index (κ2) is 3.38. The summed E-state index contributed by atoms with van der Waals surface area (Å²) in [5.41, 5.74) is 0. The first-order valence-corrected chi connectivity index (χ1v) is 5.99. The first kappa shape index (κ1) is 9.44. The first-order valence-electron chi connectivity index (χ1n) is 3.18. The third kappa shape index (κ3) is 3.06. The van der Waals surface area contributed by atoms with Crippen LogP contribution in [0.1, 0.15) is 0 Å². The number of alkyl halides is 1. The van der Waals surface area contributed by atoms with Gasteiger partial charge in [-0.1, -0.05) is 15.9 Å². The molecule has 0 radical (unpaired) electrons. The van der Waals surface area contributed by atoms with Crippen LogP contribution in [0, 0.1) is 0 Å². The van der Waals surface area contributed by atoms with Crippen LogP contribution in [-0.2, 0) is 14.8 Å². The first-order chi connectivity index (χ1) is 4.99. The average Bonchev–Trinajstić information content (AvgIpc) is 2.12. The zero-order valence-corrected chi connectivity index (χ0v) is 8.48. The van der Waals surface area contributed by atoms with Crippen LogP contribution in [0.15, 0.2) is 0 Å². The fourth-order valence-corrected chi connectivity index (χ4v) is 2.34. The summed E-state index contributed by atoms with van der Waals surface area (Å²) in [5.74, 6) is 0. The highest BCUT2D eigenvalue weighted by Crippen LogP contribution is 2.14. The second-order valence-electron chi connectivity index (χ2n) is 2.55. The highest BCUT2D eigenvalue weighted by molar-refractivity contribution is 9.09. The number of rotatable bonds is 2. The molecule has 2 atom stereocenters. The van der Waals surface area contributed by atoms with E-state index >= 15 is 0 Å². The number of sulfonamides is 1. The second-order valence-corrected chi connectivity index (χ2v) is 5.51. The SMILES string of the molecule is CS(=O)(=O)NC1COCC1Br. The lowest BCUT2D eigenvalue weighted by atomic mass is 10.3. The number of hydrogen-bond donors (Lipinski definition) is 1. The van der Waals surface area contributed by atoms with E-state index in [1.165, 1.54) is 0 Å². The Kier molecular flexibility index (Phi) is 2.90. The zero-order valence-electron chi connectivity index (χ0n) is 6.08. The fraction of sp³-hybridized carbons (Fsp3) is 1.00. The average molecular weight is 244 g/mol. The maximum atomic E-state index is 10.7. The molecule has 11 heavy (non-hydrogen) atoms. The molecule has 0 saturated carbocycles. The van der Waals surface area contributed by atoms with Gasteiger partial charge in [0.15, 0.2) is 0 Å². The Morgan fingerprint density at radius 2 is 2.18 bits per heavy atom. The van der Waals surface area contributed by atoms with Gasteiger partial charge in [0.1, 0.15) is 0 Å². The van der Waals surface area contributed by atoms with E-state index in [2.05, 4.69) is 20.7 Å². The van der Waals surface area contributed by atoms with E-state index in [1.54, 1.807) is 0 Å². The van der Waals surface area contributed by atoms with E-state index in [-0.39, 0.29) is 10.9 Å².